The average Bonchev–Trinajstić information content (AvgIpc) is 2.88. The molecule has 88 valence electrons. The van der Waals surface area contributed by atoms with Gasteiger partial charge in [-0.1, -0.05) is 0 Å². The number of hydrogen-bond acceptors (Lipinski definition) is 3. The van der Waals surface area contributed by atoms with Gasteiger partial charge in [0.1, 0.15) is 6.10 Å². The fourth-order valence-corrected chi connectivity index (χ4v) is 1.88. The Labute approximate surface area is 94.8 Å². The van der Waals surface area contributed by atoms with Gasteiger partial charge in [0.2, 0.25) is 5.91 Å². The number of nitrogens with zero attached hydrogens (tertiary/aromatic N) is 2. The maximum atomic E-state index is 11.7. The quantitative estimate of drug-likeness (QED) is 0.811. The molecule has 5 nitrogen and oxygen atoms in total. The fraction of sp³-hybridized carbons (Fsp3) is 0.636. The van der Waals surface area contributed by atoms with Gasteiger partial charge >= 0.3 is 0 Å². The molecule has 2 heterocycles. The van der Waals surface area contributed by atoms with Crippen molar-refractivity contribution >= 4 is 5.91 Å². The van der Waals surface area contributed by atoms with Gasteiger partial charge in [-0.25, -0.2) is 4.98 Å². The minimum Gasteiger partial charge on any atom is -0.368 e. The molecule has 1 aliphatic rings. The number of amides is 1. The van der Waals surface area contributed by atoms with Crippen molar-refractivity contribution in [2.75, 3.05) is 6.61 Å². The lowest BCUT2D eigenvalue weighted by Gasteiger charge is -2.17. The number of rotatable bonds is 4. The molecule has 2 rings (SSSR count). The maximum Gasteiger partial charge on any atom is 0.249 e. The summed E-state index contributed by atoms with van der Waals surface area (Å²) in [5.74, 6) is 0.00474. The number of imidazole rings is 1. The Bertz CT molecular complexity index is 331. The van der Waals surface area contributed by atoms with E-state index in [0.29, 0.717) is 6.61 Å². The molecule has 1 fully saturated rings. The number of carbonyl (C=O) groups is 1. The molecule has 0 saturated carbocycles. The van der Waals surface area contributed by atoms with Crippen LogP contribution in [0.25, 0.3) is 0 Å². The third kappa shape index (κ3) is 2.82. The number of ether oxygens (including phenoxy) is 1. The van der Waals surface area contributed by atoms with E-state index in [1.165, 1.54) is 0 Å². The lowest BCUT2D eigenvalue weighted by molar-refractivity contribution is -0.130. The van der Waals surface area contributed by atoms with Crippen molar-refractivity contribution in [1.82, 2.24) is 14.9 Å². The number of nitrogens with one attached hydrogen (secondary N) is 1. The molecule has 0 spiro atoms. The smallest absolute Gasteiger partial charge is 0.249 e. The molecule has 0 unspecified atom stereocenters. The summed E-state index contributed by atoms with van der Waals surface area (Å²) < 4.78 is 7.26. The molecule has 0 radical (unpaired) electrons. The Kier molecular flexibility index (Phi) is 3.56. The minimum absolute atomic E-state index is 0.00474. The predicted octanol–water partition coefficient (Wildman–Crippen LogP) is 0.567. The summed E-state index contributed by atoms with van der Waals surface area (Å²) in [5.41, 5.74) is 0. The van der Waals surface area contributed by atoms with E-state index in [-0.39, 0.29) is 18.1 Å². The molecular formula is C11H17N3O2. The minimum atomic E-state index is -0.245. The van der Waals surface area contributed by atoms with Gasteiger partial charge in [0, 0.05) is 31.6 Å². The van der Waals surface area contributed by atoms with E-state index in [0.717, 1.165) is 19.4 Å². The van der Waals surface area contributed by atoms with Crippen LogP contribution in [0.5, 0.6) is 0 Å². The standard InChI is InChI=1S/C11H17N3O2/c1-9(7-14-5-4-12-8-14)13-11(15)10-3-2-6-16-10/h4-5,8-10H,2-3,6-7H2,1H3,(H,13,15)/t9-,10+/m0/s1. The molecular weight excluding hydrogens is 206 g/mol. The molecule has 1 aromatic heterocycles. The second-order valence-electron chi connectivity index (χ2n) is 4.17. The van der Waals surface area contributed by atoms with E-state index >= 15 is 0 Å². The first-order chi connectivity index (χ1) is 7.75. The van der Waals surface area contributed by atoms with Crippen LogP contribution in [0.3, 0.4) is 0 Å². The van der Waals surface area contributed by atoms with Crippen LogP contribution in [-0.4, -0.2) is 34.2 Å². The number of aromatic nitrogens is 2. The number of hydrogen-bond donors (Lipinski definition) is 1. The lowest BCUT2D eigenvalue weighted by atomic mass is 10.2. The van der Waals surface area contributed by atoms with Crippen molar-refractivity contribution in [3.63, 3.8) is 0 Å². The first kappa shape index (κ1) is 11.1. The summed E-state index contributed by atoms with van der Waals surface area (Å²) in [6.45, 7) is 3.42. The highest BCUT2D eigenvalue weighted by Crippen LogP contribution is 2.11. The largest absolute Gasteiger partial charge is 0.368 e. The summed E-state index contributed by atoms with van der Waals surface area (Å²) in [4.78, 5) is 15.7. The Morgan fingerprint density at radius 2 is 2.62 bits per heavy atom. The van der Waals surface area contributed by atoms with Crippen LogP contribution in [0, 0.1) is 0 Å². The van der Waals surface area contributed by atoms with Gasteiger partial charge in [-0.3, -0.25) is 4.79 Å². The van der Waals surface area contributed by atoms with E-state index in [2.05, 4.69) is 10.3 Å². The highest BCUT2D eigenvalue weighted by molar-refractivity contribution is 5.81. The van der Waals surface area contributed by atoms with Gasteiger partial charge in [0.15, 0.2) is 0 Å². The zero-order chi connectivity index (χ0) is 11.4. The Morgan fingerprint density at radius 3 is 3.25 bits per heavy atom. The summed E-state index contributed by atoms with van der Waals surface area (Å²) in [6.07, 6.45) is 6.93. The highest BCUT2D eigenvalue weighted by atomic mass is 16.5. The van der Waals surface area contributed by atoms with E-state index in [1.54, 1.807) is 12.5 Å². The molecule has 1 aromatic rings. The van der Waals surface area contributed by atoms with Crippen LogP contribution in [-0.2, 0) is 16.1 Å². The lowest BCUT2D eigenvalue weighted by Crippen LogP contribution is -2.41. The van der Waals surface area contributed by atoms with E-state index in [9.17, 15) is 4.79 Å². The van der Waals surface area contributed by atoms with Crippen molar-refractivity contribution < 1.29 is 9.53 Å². The maximum absolute atomic E-state index is 11.7. The zero-order valence-corrected chi connectivity index (χ0v) is 9.43. The molecule has 1 amide bonds. The van der Waals surface area contributed by atoms with Crippen LogP contribution in [0.2, 0.25) is 0 Å². The Morgan fingerprint density at radius 1 is 1.75 bits per heavy atom. The molecule has 16 heavy (non-hydrogen) atoms. The van der Waals surface area contributed by atoms with Gasteiger partial charge in [0.05, 0.1) is 6.33 Å². The van der Waals surface area contributed by atoms with Crippen molar-refractivity contribution in [2.24, 2.45) is 0 Å². The summed E-state index contributed by atoms with van der Waals surface area (Å²) >= 11 is 0. The second-order valence-corrected chi connectivity index (χ2v) is 4.17. The highest BCUT2D eigenvalue weighted by Gasteiger charge is 2.24. The number of carbonyl (C=O) groups excluding carboxylic acids is 1. The van der Waals surface area contributed by atoms with Crippen molar-refractivity contribution in [3.8, 4) is 0 Å². The van der Waals surface area contributed by atoms with Crippen LogP contribution in [0.1, 0.15) is 19.8 Å². The average molecular weight is 223 g/mol. The molecule has 0 aromatic carbocycles. The molecule has 1 N–H and O–H groups in total. The molecule has 5 heteroatoms. The van der Waals surface area contributed by atoms with E-state index in [4.69, 9.17) is 4.74 Å². The van der Waals surface area contributed by atoms with Crippen LogP contribution in [0.15, 0.2) is 18.7 Å². The Balaban J connectivity index is 1.78. The topological polar surface area (TPSA) is 56.2 Å². The monoisotopic (exact) mass is 223 g/mol. The predicted molar refractivity (Wildman–Crippen MR) is 58.8 cm³/mol. The summed E-state index contributed by atoms with van der Waals surface area (Å²) in [6, 6.07) is 0.0888. The zero-order valence-electron chi connectivity index (χ0n) is 9.43. The molecule has 2 atom stereocenters. The SMILES string of the molecule is C[C@@H](Cn1ccnc1)NC(=O)[C@H]1CCCO1. The van der Waals surface area contributed by atoms with Gasteiger partial charge in [0.25, 0.3) is 0 Å². The van der Waals surface area contributed by atoms with Gasteiger partial charge < -0.3 is 14.6 Å². The van der Waals surface area contributed by atoms with E-state index in [1.807, 2.05) is 17.7 Å². The third-order valence-corrected chi connectivity index (χ3v) is 2.65. The van der Waals surface area contributed by atoms with Crippen molar-refractivity contribution in [1.29, 1.82) is 0 Å². The molecule has 0 bridgehead atoms. The molecule has 0 aliphatic carbocycles. The first-order valence-electron chi connectivity index (χ1n) is 5.63. The molecule has 1 aliphatic heterocycles. The normalized spacial score (nSPS) is 21.9. The summed E-state index contributed by atoms with van der Waals surface area (Å²) in [5, 5.41) is 2.95. The van der Waals surface area contributed by atoms with Crippen LogP contribution >= 0.6 is 0 Å². The van der Waals surface area contributed by atoms with Crippen LogP contribution < -0.4 is 5.32 Å². The third-order valence-electron chi connectivity index (χ3n) is 2.65. The fourth-order valence-electron chi connectivity index (χ4n) is 1.88. The summed E-state index contributed by atoms with van der Waals surface area (Å²) in [7, 11) is 0. The first-order valence-corrected chi connectivity index (χ1v) is 5.63. The van der Waals surface area contributed by atoms with Gasteiger partial charge in [-0.05, 0) is 19.8 Å². The van der Waals surface area contributed by atoms with Gasteiger partial charge in [-0.2, -0.15) is 0 Å². The van der Waals surface area contributed by atoms with Crippen molar-refractivity contribution in [3.05, 3.63) is 18.7 Å². The second kappa shape index (κ2) is 5.12. The van der Waals surface area contributed by atoms with Crippen LogP contribution in [0.4, 0.5) is 0 Å². The van der Waals surface area contributed by atoms with Crippen molar-refractivity contribution in [2.45, 2.75) is 38.5 Å². The molecule has 1 saturated heterocycles. The van der Waals surface area contributed by atoms with E-state index < -0.39 is 0 Å². The van der Waals surface area contributed by atoms with Gasteiger partial charge in [-0.15, -0.1) is 0 Å². The Hall–Kier alpha value is -1.36.